The van der Waals surface area contributed by atoms with Crippen molar-refractivity contribution in [2.24, 2.45) is 0 Å². The van der Waals surface area contributed by atoms with Gasteiger partial charge in [-0.1, -0.05) is 42.4 Å². The summed E-state index contributed by atoms with van der Waals surface area (Å²) in [5.41, 5.74) is 0.931. The molecule has 1 aliphatic heterocycles. The maximum absolute atomic E-state index is 11.8. The van der Waals surface area contributed by atoms with Crippen LogP contribution < -0.4 is 10.2 Å². The zero-order chi connectivity index (χ0) is 15.4. The number of aromatic nitrogens is 2. The fourth-order valence-corrected chi connectivity index (χ4v) is 2.58. The predicted molar refractivity (Wildman–Crippen MR) is 82.5 cm³/mol. The molecule has 0 bridgehead atoms. The van der Waals surface area contributed by atoms with Gasteiger partial charge < -0.3 is 14.6 Å². The number of anilines is 1. The summed E-state index contributed by atoms with van der Waals surface area (Å²) in [7, 11) is 0. The Morgan fingerprint density at radius 3 is 2.68 bits per heavy atom. The third-order valence-electron chi connectivity index (χ3n) is 3.81. The van der Waals surface area contributed by atoms with Gasteiger partial charge in [0.15, 0.2) is 0 Å². The second kappa shape index (κ2) is 6.60. The Bertz CT molecular complexity index is 620. The molecular weight excluding hydrogens is 280 g/mol. The largest absolute Gasteiger partial charge is 0.405 e. The van der Waals surface area contributed by atoms with Gasteiger partial charge in [0.25, 0.3) is 0 Å². The Kier molecular flexibility index (Phi) is 4.37. The number of nitrogens with one attached hydrogen (secondary N) is 1. The summed E-state index contributed by atoms with van der Waals surface area (Å²) in [4.78, 5) is 13.9. The minimum absolute atomic E-state index is 0.0465. The van der Waals surface area contributed by atoms with E-state index in [4.69, 9.17) is 4.42 Å². The SMILES string of the molecule is CCC(=O)N[C@@H](c1ccccc1)c1nnc(N2CCCC2)o1. The van der Waals surface area contributed by atoms with E-state index in [-0.39, 0.29) is 5.91 Å². The molecule has 6 nitrogen and oxygen atoms in total. The number of rotatable bonds is 5. The molecule has 6 heteroatoms. The van der Waals surface area contributed by atoms with Crippen LogP contribution in [0, 0.1) is 0 Å². The van der Waals surface area contributed by atoms with Crippen LogP contribution in [-0.2, 0) is 4.79 Å². The van der Waals surface area contributed by atoms with Crippen molar-refractivity contribution >= 4 is 11.9 Å². The van der Waals surface area contributed by atoms with Gasteiger partial charge in [-0.05, 0) is 18.4 Å². The van der Waals surface area contributed by atoms with E-state index in [1.165, 1.54) is 0 Å². The normalized spacial score (nSPS) is 15.8. The van der Waals surface area contributed by atoms with Gasteiger partial charge in [-0.15, -0.1) is 5.10 Å². The first-order valence-corrected chi connectivity index (χ1v) is 7.70. The molecular formula is C16H20N4O2. The van der Waals surface area contributed by atoms with Crippen molar-refractivity contribution in [3.05, 3.63) is 41.8 Å². The summed E-state index contributed by atoms with van der Waals surface area (Å²) in [6.45, 7) is 3.71. The molecule has 1 aromatic heterocycles. The quantitative estimate of drug-likeness (QED) is 0.917. The molecule has 1 aliphatic rings. The van der Waals surface area contributed by atoms with Crippen LogP contribution in [0.3, 0.4) is 0 Å². The Balaban J connectivity index is 1.86. The highest BCUT2D eigenvalue weighted by atomic mass is 16.4. The van der Waals surface area contributed by atoms with E-state index in [1.54, 1.807) is 0 Å². The number of amides is 1. The second-order valence-electron chi connectivity index (χ2n) is 5.38. The molecule has 2 aromatic rings. The number of carbonyl (C=O) groups excluding carboxylic acids is 1. The van der Waals surface area contributed by atoms with Crippen molar-refractivity contribution in [2.75, 3.05) is 18.0 Å². The van der Waals surface area contributed by atoms with Gasteiger partial charge in [-0.25, -0.2) is 0 Å². The molecule has 0 saturated carbocycles. The molecule has 0 spiro atoms. The number of hydrogen-bond acceptors (Lipinski definition) is 5. The molecule has 22 heavy (non-hydrogen) atoms. The zero-order valence-corrected chi connectivity index (χ0v) is 12.7. The molecule has 1 N–H and O–H groups in total. The molecule has 1 atom stereocenters. The van der Waals surface area contributed by atoms with E-state index >= 15 is 0 Å². The lowest BCUT2D eigenvalue weighted by Crippen LogP contribution is -2.28. The molecule has 2 heterocycles. The number of hydrogen-bond donors (Lipinski definition) is 1. The van der Waals surface area contributed by atoms with Crippen LogP contribution in [0.1, 0.15) is 43.7 Å². The molecule has 1 amide bonds. The fraction of sp³-hybridized carbons (Fsp3) is 0.438. The van der Waals surface area contributed by atoms with Crippen LogP contribution >= 0.6 is 0 Å². The maximum Gasteiger partial charge on any atom is 0.318 e. The highest BCUT2D eigenvalue weighted by molar-refractivity contribution is 5.76. The first kappa shape index (κ1) is 14.6. The summed E-state index contributed by atoms with van der Waals surface area (Å²) >= 11 is 0. The minimum Gasteiger partial charge on any atom is -0.405 e. The predicted octanol–water partition coefficient (Wildman–Crippen LogP) is 2.29. The van der Waals surface area contributed by atoms with Crippen LogP contribution in [0.25, 0.3) is 0 Å². The standard InChI is InChI=1S/C16H20N4O2/c1-2-13(21)17-14(12-8-4-3-5-9-12)15-18-19-16(22-15)20-10-6-7-11-20/h3-5,8-9,14H,2,6-7,10-11H2,1H3,(H,17,21)/t14-/m0/s1. The van der Waals surface area contributed by atoms with Crippen molar-refractivity contribution < 1.29 is 9.21 Å². The summed E-state index contributed by atoms with van der Waals surface area (Å²) in [5.74, 6) is 0.379. The highest BCUT2D eigenvalue weighted by Gasteiger charge is 2.25. The summed E-state index contributed by atoms with van der Waals surface area (Å²) in [5, 5.41) is 11.2. The average molecular weight is 300 g/mol. The van der Waals surface area contributed by atoms with E-state index in [1.807, 2.05) is 37.3 Å². The van der Waals surface area contributed by atoms with Crippen molar-refractivity contribution in [1.82, 2.24) is 15.5 Å². The number of benzene rings is 1. The highest BCUT2D eigenvalue weighted by Crippen LogP contribution is 2.25. The molecule has 0 aliphatic carbocycles. The number of carbonyl (C=O) groups is 1. The lowest BCUT2D eigenvalue weighted by Gasteiger charge is -2.15. The topological polar surface area (TPSA) is 71.3 Å². The van der Waals surface area contributed by atoms with Gasteiger partial charge in [-0.2, -0.15) is 0 Å². The molecule has 116 valence electrons. The van der Waals surface area contributed by atoms with E-state index < -0.39 is 6.04 Å². The van der Waals surface area contributed by atoms with E-state index in [2.05, 4.69) is 20.4 Å². The molecule has 3 rings (SSSR count). The van der Waals surface area contributed by atoms with E-state index in [9.17, 15) is 4.79 Å². The Morgan fingerprint density at radius 1 is 1.27 bits per heavy atom. The van der Waals surface area contributed by atoms with Crippen LogP contribution in [0.5, 0.6) is 0 Å². The minimum atomic E-state index is -0.405. The summed E-state index contributed by atoms with van der Waals surface area (Å²) in [6.07, 6.45) is 2.70. The Morgan fingerprint density at radius 2 is 2.00 bits per heavy atom. The van der Waals surface area contributed by atoms with Crippen LogP contribution in [-0.4, -0.2) is 29.2 Å². The van der Waals surface area contributed by atoms with E-state index in [0.29, 0.717) is 18.3 Å². The van der Waals surface area contributed by atoms with Crippen molar-refractivity contribution in [2.45, 2.75) is 32.2 Å². The van der Waals surface area contributed by atoms with Crippen molar-refractivity contribution in [3.63, 3.8) is 0 Å². The van der Waals surface area contributed by atoms with Crippen molar-refractivity contribution in [1.29, 1.82) is 0 Å². The second-order valence-corrected chi connectivity index (χ2v) is 5.38. The summed E-state index contributed by atoms with van der Waals surface area (Å²) in [6, 6.07) is 9.82. The molecule has 1 aromatic carbocycles. The lowest BCUT2D eigenvalue weighted by molar-refractivity contribution is -0.121. The van der Waals surface area contributed by atoms with E-state index in [0.717, 1.165) is 31.5 Å². The third kappa shape index (κ3) is 3.10. The molecule has 0 radical (unpaired) electrons. The first-order chi connectivity index (χ1) is 10.8. The molecule has 1 saturated heterocycles. The van der Waals surface area contributed by atoms with Crippen LogP contribution in [0.4, 0.5) is 6.01 Å². The van der Waals surface area contributed by atoms with Gasteiger partial charge in [-0.3, -0.25) is 4.79 Å². The van der Waals surface area contributed by atoms with Crippen LogP contribution in [0.15, 0.2) is 34.7 Å². The summed E-state index contributed by atoms with van der Waals surface area (Å²) < 4.78 is 5.82. The van der Waals surface area contributed by atoms with Crippen molar-refractivity contribution in [3.8, 4) is 0 Å². The van der Waals surface area contributed by atoms with Gasteiger partial charge in [0.2, 0.25) is 11.8 Å². The van der Waals surface area contributed by atoms with Crippen LogP contribution in [0.2, 0.25) is 0 Å². The Labute approximate surface area is 129 Å². The number of nitrogens with zero attached hydrogens (tertiary/aromatic N) is 3. The van der Waals surface area contributed by atoms with Gasteiger partial charge >= 0.3 is 6.01 Å². The first-order valence-electron chi connectivity index (χ1n) is 7.70. The lowest BCUT2D eigenvalue weighted by atomic mass is 10.1. The smallest absolute Gasteiger partial charge is 0.318 e. The molecule has 0 unspecified atom stereocenters. The average Bonchev–Trinajstić information content (AvgIpc) is 3.24. The van der Waals surface area contributed by atoms with Gasteiger partial charge in [0.05, 0.1) is 0 Å². The monoisotopic (exact) mass is 300 g/mol. The fourth-order valence-electron chi connectivity index (χ4n) is 2.58. The Hall–Kier alpha value is -2.37. The molecule has 1 fully saturated rings. The zero-order valence-electron chi connectivity index (χ0n) is 12.7. The third-order valence-corrected chi connectivity index (χ3v) is 3.81. The van der Waals surface area contributed by atoms with Gasteiger partial charge in [0.1, 0.15) is 6.04 Å². The maximum atomic E-state index is 11.8. The van der Waals surface area contributed by atoms with Gasteiger partial charge in [0, 0.05) is 19.5 Å².